The lowest BCUT2D eigenvalue weighted by Gasteiger charge is -2.12. The largest absolute Gasteiger partial charge is 0.456 e. The molecule has 0 N–H and O–H groups in total. The van der Waals surface area contributed by atoms with Crippen LogP contribution in [0.2, 0.25) is 0 Å². The van der Waals surface area contributed by atoms with Crippen LogP contribution in [0.4, 0.5) is 0 Å². The van der Waals surface area contributed by atoms with E-state index in [2.05, 4.69) is 199 Å². The van der Waals surface area contributed by atoms with E-state index in [-0.39, 0.29) is 0 Å². The molecule has 0 bridgehead atoms. The van der Waals surface area contributed by atoms with Crippen LogP contribution in [-0.4, -0.2) is 19.5 Å². The normalized spacial score (nSPS) is 11.5. The molecule has 0 atom stereocenters. The maximum Gasteiger partial charge on any atom is 0.164 e. The molecule has 0 radical (unpaired) electrons. The molecule has 5 heteroatoms. The van der Waals surface area contributed by atoms with Gasteiger partial charge in [0, 0.05) is 43.9 Å². The number of para-hydroxylation sites is 3. The van der Waals surface area contributed by atoms with Gasteiger partial charge in [0.25, 0.3) is 0 Å². The van der Waals surface area contributed by atoms with Crippen molar-refractivity contribution < 1.29 is 4.42 Å². The molecular formula is C57H36N4O. The first-order valence-electron chi connectivity index (χ1n) is 20.8. The van der Waals surface area contributed by atoms with Gasteiger partial charge in [-0.05, 0) is 81.9 Å². The molecule has 3 aromatic heterocycles. The summed E-state index contributed by atoms with van der Waals surface area (Å²) >= 11 is 0. The minimum absolute atomic E-state index is 0.564. The van der Waals surface area contributed by atoms with Crippen molar-refractivity contribution >= 4 is 43.7 Å². The maximum atomic E-state index is 6.66. The van der Waals surface area contributed by atoms with Gasteiger partial charge in [0.1, 0.15) is 11.2 Å². The summed E-state index contributed by atoms with van der Waals surface area (Å²) in [5.74, 6) is 1.76. The quantitative estimate of drug-likeness (QED) is 0.161. The van der Waals surface area contributed by atoms with E-state index in [4.69, 9.17) is 19.4 Å². The van der Waals surface area contributed by atoms with Crippen molar-refractivity contribution in [2.24, 2.45) is 0 Å². The van der Waals surface area contributed by atoms with Crippen molar-refractivity contribution in [1.29, 1.82) is 0 Å². The number of hydrogen-bond donors (Lipinski definition) is 0. The average Bonchev–Trinajstić information content (AvgIpc) is 3.90. The highest BCUT2D eigenvalue weighted by molar-refractivity contribution is 6.16. The lowest BCUT2D eigenvalue weighted by atomic mass is 9.95. The molecule has 290 valence electrons. The first-order chi connectivity index (χ1) is 30.7. The van der Waals surface area contributed by atoms with Crippen LogP contribution >= 0.6 is 0 Å². The summed E-state index contributed by atoms with van der Waals surface area (Å²) in [6, 6.07) is 76.3. The predicted octanol–water partition coefficient (Wildman–Crippen LogP) is 14.9. The molecule has 12 aromatic rings. The third kappa shape index (κ3) is 6.14. The number of nitrogens with zero attached hydrogens (tertiary/aromatic N) is 4. The van der Waals surface area contributed by atoms with Crippen LogP contribution in [0.15, 0.2) is 223 Å². The second-order valence-electron chi connectivity index (χ2n) is 15.6. The highest BCUT2D eigenvalue weighted by Crippen LogP contribution is 2.42. The van der Waals surface area contributed by atoms with Crippen LogP contribution in [0.1, 0.15) is 0 Å². The molecule has 12 rings (SSSR count). The average molecular weight is 793 g/mol. The third-order valence-corrected chi connectivity index (χ3v) is 11.9. The highest BCUT2D eigenvalue weighted by Gasteiger charge is 2.20. The van der Waals surface area contributed by atoms with Crippen molar-refractivity contribution in [2.75, 3.05) is 0 Å². The van der Waals surface area contributed by atoms with Crippen LogP contribution in [0, 0.1) is 0 Å². The van der Waals surface area contributed by atoms with Gasteiger partial charge >= 0.3 is 0 Å². The first-order valence-corrected chi connectivity index (χ1v) is 20.8. The monoisotopic (exact) mass is 792 g/mol. The summed E-state index contributed by atoms with van der Waals surface area (Å²) in [6.45, 7) is 0. The lowest BCUT2D eigenvalue weighted by molar-refractivity contribution is 0.669. The molecule has 5 nitrogen and oxygen atoms in total. The van der Waals surface area contributed by atoms with Crippen molar-refractivity contribution in [2.45, 2.75) is 0 Å². The molecule has 0 fully saturated rings. The Bertz CT molecular complexity index is 3490. The SMILES string of the molecule is c1ccc(-c2ccc(-c3nc(-c4ccc(-c5ccccc5)cc4)nc(-c4cc(-c5ccc6c(c5)c5ccccc5n6-c5ccccc5)c5c(c4)oc4ccccc45)n3)cc2)cc1. The summed E-state index contributed by atoms with van der Waals surface area (Å²) in [5, 5.41) is 4.49. The van der Waals surface area contributed by atoms with E-state index in [1.807, 2.05) is 24.3 Å². The Balaban J connectivity index is 1.06. The zero-order valence-electron chi connectivity index (χ0n) is 33.5. The van der Waals surface area contributed by atoms with Gasteiger partial charge in [0.2, 0.25) is 0 Å². The van der Waals surface area contributed by atoms with Gasteiger partial charge in [-0.3, -0.25) is 0 Å². The number of rotatable bonds is 7. The maximum absolute atomic E-state index is 6.66. The lowest BCUT2D eigenvalue weighted by Crippen LogP contribution is -2.00. The molecule has 0 aliphatic carbocycles. The molecule has 62 heavy (non-hydrogen) atoms. The standard InChI is InChI=1S/C57H36N4O/c1-4-14-37(15-5-1)39-24-28-41(29-25-39)55-58-56(42-30-26-40(27-31-42)38-16-6-2-7-17-38)60-57(59-55)44-35-48(54-47-21-11-13-23-52(47)62-53(54)36-44)43-32-33-51-49(34-43)46-20-10-12-22-50(46)61(51)45-18-8-3-9-19-45/h1-36H. The second-order valence-corrected chi connectivity index (χ2v) is 15.6. The van der Waals surface area contributed by atoms with Crippen LogP contribution in [0.25, 0.3) is 117 Å². The van der Waals surface area contributed by atoms with E-state index in [0.717, 1.165) is 88.7 Å². The van der Waals surface area contributed by atoms with Gasteiger partial charge in [-0.15, -0.1) is 0 Å². The molecule has 0 aliphatic rings. The second kappa shape index (κ2) is 14.7. The van der Waals surface area contributed by atoms with E-state index in [9.17, 15) is 0 Å². The van der Waals surface area contributed by atoms with Gasteiger partial charge in [0.15, 0.2) is 17.5 Å². The van der Waals surface area contributed by atoms with Crippen molar-refractivity contribution in [3.63, 3.8) is 0 Å². The zero-order valence-corrected chi connectivity index (χ0v) is 33.5. The van der Waals surface area contributed by atoms with E-state index in [0.29, 0.717) is 17.5 Å². The summed E-state index contributed by atoms with van der Waals surface area (Å²) < 4.78 is 9.01. The fraction of sp³-hybridized carbons (Fsp3) is 0. The number of fused-ring (bicyclic) bond motifs is 6. The van der Waals surface area contributed by atoms with E-state index >= 15 is 0 Å². The van der Waals surface area contributed by atoms with Crippen LogP contribution in [-0.2, 0) is 0 Å². The molecule has 0 saturated carbocycles. The molecule has 0 spiro atoms. The number of benzene rings is 9. The summed E-state index contributed by atoms with van der Waals surface area (Å²) in [6.07, 6.45) is 0. The Morgan fingerprint density at radius 3 is 1.40 bits per heavy atom. The summed E-state index contributed by atoms with van der Waals surface area (Å²) in [7, 11) is 0. The van der Waals surface area contributed by atoms with Crippen molar-refractivity contribution in [3.05, 3.63) is 218 Å². The Hall–Kier alpha value is -8.41. The number of hydrogen-bond acceptors (Lipinski definition) is 4. The molecule has 0 aliphatic heterocycles. The fourth-order valence-electron chi connectivity index (χ4n) is 8.85. The minimum atomic E-state index is 0.564. The van der Waals surface area contributed by atoms with Crippen molar-refractivity contribution in [1.82, 2.24) is 19.5 Å². The van der Waals surface area contributed by atoms with E-state index < -0.39 is 0 Å². The predicted molar refractivity (Wildman–Crippen MR) is 254 cm³/mol. The molecule has 0 saturated heterocycles. The van der Waals surface area contributed by atoms with Crippen LogP contribution in [0.3, 0.4) is 0 Å². The van der Waals surface area contributed by atoms with Crippen LogP contribution < -0.4 is 0 Å². The van der Waals surface area contributed by atoms with E-state index in [1.54, 1.807) is 0 Å². The fourth-order valence-corrected chi connectivity index (χ4v) is 8.85. The molecule has 9 aromatic carbocycles. The Morgan fingerprint density at radius 2 is 0.774 bits per heavy atom. The van der Waals surface area contributed by atoms with Gasteiger partial charge in [0.05, 0.1) is 11.0 Å². The summed E-state index contributed by atoms with van der Waals surface area (Å²) in [4.78, 5) is 15.6. The van der Waals surface area contributed by atoms with Gasteiger partial charge in [-0.1, -0.05) is 170 Å². The van der Waals surface area contributed by atoms with Crippen molar-refractivity contribution in [3.8, 4) is 73.2 Å². The van der Waals surface area contributed by atoms with Gasteiger partial charge in [-0.25, -0.2) is 15.0 Å². The van der Waals surface area contributed by atoms with Gasteiger partial charge in [-0.2, -0.15) is 0 Å². The Kier molecular flexibility index (Phi) is 8.42. The zero-order chi connectivity index (χ0) is 41.0. The molecule has 0 amide bonds. The molecule has 3 heterocycles. The molecule has 0 unspecified atom stereocenters. The number of furan rings is 1. The highest BCUT2D eigenvalue weighted by atomic mass is 16.3. The first kappa shape index (κ1) is 35.5. The van der Waals surface area contributed by atoms with Crippen LogP contribution in [0.5, 0.6) is 0 Å². The Labute approximate surface area is 357 Å². The third-order valence-electron chi connectivity index (χ3n) is 11.9. The Morgan fingerprint density at radius 1 is 0.306 bits per heavy atom. The summed E-state index contributed by atoms with van der Waals surface area (Å²) in [5.41, 5.74) is 14.4. The smallest absolute Gasteiger partial charge is 0.164 e. The van der Waals surface area contributed by atoms with E-state index in [1.165, 1.54) is 10.8 Å². The topological polar surface area (TPSA) is 56.7 Å². The van der Waals surface area contributed by atoms with Gasteiger partial charge < -0.3 is 8.98 Å². The number of aromatic nitrogens is 4. The minimum Gasteiger partial charge on any atom is -0.456 e. The molecular weight excluding hydrogens is 757 g/mol.